The fourth-order valence-electron chi connectivity index (χ4n) is 2.52. The minimum atomic E-state index is -0.596. The average Bonchev–Trinajstić information content (AvgIpc) is 2.74. The second-order valence-electron chi connectivity index (χ2n) is 5.57. The summed E-state index contributed by atoms with van der Waals surface area (Å²) in [6.07, 6.45) is 1.16. The van der Waals surface area contributed by atoms with E-state index in [9.17, 15) is 9.90 Å². The summed E-state index contributed by atoms with van der Waals surface area (Å²) in [6, 6.07) is 0. The number of hydrogen-bond acceptors (Lipinski definition) is 6. The summed E-state index contributed by atoms with van der Waals surface area (Å²) < 4.78 is 4.95. The third kappa shape index (κ3) is 4.26. The Morgan fingerprint density at radius 2 is 2.26 bits per heavy atom. The van der Waals surface area contributed by atoms with E-state index in [2.05, 4.69) is 16.5 Å². The number of aliphatic hydroxyl groups is 1. The van der Waals surface area contributed by atoms with Gasteiger partial charge in [-0.25, -0.2) is 4.98 Å². The van der Waals surface area contributed by atoms with Crippen LogP contribution in [0.5, 0.6) is 0 Å². The number of fused-ring (bicyclic) bond motifs is 1. The number of H-pyrrole nitrogens is 1. The lowest BCUT2D eigenvalue weighted by atomic mass is 10.2. The summed E-state index contributed by atoms with van der Waals surface area (Å²) in [7, 11) is 1.55. The van der Waals surface area contributed by atoms with Crippen LogP contribution < -0.4 is 5.56 Å². The second-order valence-corrected chi connectivity index (χ2v) is 6.77. The van der Waals surface area contributed by atoms with E-state index in [1.807, 2.05) is 18.7 Å². The smallest absolute Gasteiger partial charge is 0.259 e. The van der Waals surface area contributed by atoms with Gasteiger partial charge in [0.25, 0.3) is 5.56 Å². The third-order valence-electron chi connectivity index (χ3n) is 3.68. The first-order chi connectivity index (χ1) is 11.0. The van der Waals surface area contributed by atoms with Gasteiger partial charge in [-0.2, -0.15) is 0 Å². The van der Waals surface area contributed by atoms with Gasteiger partial charge in [-0.1, -0.05) is 6.08 Å². The number of aliphatic hydroxyl groups excluding tert-OH is 1. The van der Waals surface area contributed by atoms with Crippen LogP contribution in [0.2, 0.25) is 0 Å². The highest BCUT2D eigenvalue weighted by Crippen LogP contribution is 2.25. The Kier molecular flexibility index (Phi) is 6.06. The van der Waals surface area contributed by atoms with Gasteiger partial charge in [0.1, 0.15) is 10.7 Å². The van der Waals surface area contributed by atoms with Gasteiger partial charge in [-0.3, -0.25) is 9.69 Å². The Hall–Kier alpha value is -1.54. The first kappa shape index (κ1) is 17.8. The van der Waals surface area contributed by atoms with Gasteiger partial charge in [0.15, 0.2) is 0 Å². The van der Waals surface area contributed by atoms with E-state index in [1.165, 1.54) is 11.3 Å². The number of ether oxygens (including phenoxy) is 1. The molecule has 0 radical (unpaired) electrons. The molecule has 0 saturated carbocycles. The maximum atomic E-state index is 12.3. The first-order valence-corrected chi connectivity index (χ1v) is 8.27. The van der Waals surface area contributed by atoms with Crippen molar-refractivity contribution in [2.45, 2.75) is 26.5 Å². The van der Waals surface area contributed by atoms with Gasteiger partial charge in [-0.05, 0) is 19.4 Å². The van der Waals surface area contributed by atoms with Crippen molar-refractivity contribution >= 4 is 21.6 Å². The van der Waals surface area contributed by atoms with Crippen LogP contribution in [0.4, 0.5) is 0 Å². The molecule has 0 aliphatic heterocycles. The van der Waals surface area contributed by atoms with Crippen molar-refractivity contribution in [3.05, 3.63) is 39.3 Å². The molecule has 23 heavy (non-hydrogen) atoms. The topological polar surface area (TPSA) is 78.5 Å². The maximum absolute atomic E-state index is 12.3. The van der Waals surface area contributed by atoms with Crippen LogP contribution in [-0.4, -0.2) is 52.9 Å². The molecule has 0 amide bonds. The van der Waals surface area contributed by atoms with Crippen molar-refractivity contribution in [3.63, 3.8) is 0 Å². The normalized spacial score (nSPS) is 12.9. The molecular weight excluding hydrogens is 314 g/mol. The number of aromatic nitrogens is 2. The van der Waals surface area contributed by atoms with Gasteiger partial charge >= 0.3 is 0 Å². The van der Waals surface area contributed by atoms with Crippen LogP contribution in [0.3, 0.4) is 0 Å². The van der Waals surface area contributed by atoms with Gasteiger partial charge < -0.3 is 14.8 Å². The van der Waals surface area contributed by atoms with Crippen LogP contribution in [0.15, 0.2) is 17.4 Å². The summed E-state index contributed by atoms with van der Waals surface area (Å²) >= 11 is 1.53. The molecule has 1 unspecified atom stereocenters. The summed E-state index contributed by atoms with van der Waals surface area (Å²) in [4.78, 5) is 23.5. The molecule has 2 rings (SSSR count). The average molecular weight is 337 g/mol. The molecule has 0 aliphatic rings. The Morgan fingerprint density at radius 1 is 1.52 bits per heavy atom. The fraction of sp³-hybridized carbons (Fsp3) is 0.500. The van der Waals surface area contributed by atoms with Gasteiger partial charge in [-0.15, -0.1) is 17.9 Å². The maximum Gasteiger partial charge on any atom is 0.259 e. The summed E-state index contributed by atoms with van der Waals surface area (Å²) in [6.45, 7) is 9.38. The molecule has 0 saturated heterocycles. The molecule has 2 aromatic heterocycles. The predicted molar refractivity (Wildman–Crippen MR) is 93.1 cm³/mol. The molecular formula is C16H23N3O3S. The van der Waals surface area contributed by atoms with Gasteiger partial charge in [0.05, 0.1) is 24.6 Å². The number of methoxy groups -OCH3 is 1. The van der Waals surface area contributed by atoms with Crippen molar-refractivity contribution < 1.29 is 9.84 Å². The molecule has 6 nitrogen and oxygen atoms in total. The number of rotatable bonds is 8. The van der Waals surface area contributed by atoms with Crippen LogP contribution in [0.1, 0.15) is 16.3 Å². The third-order valence-corrected chi connectivity index (χ3v) is 4.78. The number of thiophene rings is 1. The van der Waals surface area contributed by atoms with E-state index >= 15 is 0 Å². The molecule has 0 spiro atoms. The summed E-state index contributed by atoms with van der Waals surface area (Å²) in [5.74, 6) is 0.593. The lowest BCUT2D eigenvalue weighted by Gasteiger charge is -2.22. The number of nitrogens with one attached hydrogen (secondary N) is 1. The Morgan fingerprint density at radius 3 is 2.91 bits per heavy atom. The molecule has 1 atom stereocenters. The molecule has 0 aliphatic carbocycles. The molecule has 0 aromatic carbocycles. The zero-order valence-corrected chi connectivity index (χ0v) is 14.6. The van der Waals surface area contributed by atoms with Crippen molar-refractivity contribution in [2.75, 3.05) is 26.8 Å². The molecule has 2 heterocycles. The molecule has 7 heteroatoms. The quantitative estimate of drug-likeness (QED) is 0.715. The Labute approximate surface area is 139 Å². The van der Waals surface area contributed by atoms with E-state index in [-0.39, 0.29) is 12.2 Å². The van der Waals surface area contributed by atoms with Crippen LogP contribution in [0, 0.1) is 13.8 Å². The highest BCUT2D eigenvalue weighted by molar-refractivity contribution is 7.18. The van der Waals surface area contributed by atoms with Crippen molar-refractivity contribution in [3.8, 4) is 0 Å². The second kappa shape index (κ2) is 7.83. The fourth-order valence-corrected chi connectivity index (χ4v) is 3.56. The monoisotopic (exact) mass is 337 g/mol. The van der Waals surface area contributed by atoms with Crippen LogP contribution in [0.25, 0.3) is 10.2 Å². The first-order valence-electron chi connectivity index (χ1n) is 7.45. The van der Waals surface area contributed by atoms with Gasteiger partial charge in [0, 0.05) is 25.1 Å². The van der Waals surface area contributed by atoms with E-state index < -0.39 is 6.10 Å². The van der Waals surface area contributed by atoms with E-state index in [0.29, 0.717) is 30.8 Å². The molecule has 0 bridgehead atoms. The summed E-state index contributed by atoms with van der Waals surface area (Å²) in [5, 5.41) is 10.6. The number of nitrogens with zero attached hydrogens (tertiary/aromatic N) is 2. The van der Waals surface area contributed by atoms with Crippen LogP contribution >= 0.6 is 11.3 Å². The molecule has 0 fully saturated rings. The Balaban J connectivity index is 2.24. The molecule has 2 N–H and O–H groups in total. The van der Waals surface area contributed by atoms with Crippen molar-refractivity contribution in [1.82, 2.24) is 14.9 Å². The van der Waals surface area contributed by atoms with Crippen LogP contribution in [-0.2, 0) is 11.3 Å². The minimum absolute atomic E-state index is 0.108. The standard InChI is InChI=1S/C16H23N3O3S/c1-5-6-19(7-12(20)9-22-4)8-13-17-15(21)14-10(2)11(3)23-16(14)18-13/h5,12,20H,1,6-9H2,2-4H3,(H,17,18,21). The van der Waals surface area contributed by atoms with E-state index in [0.717, 1.165) is 15.3 Å². The zero-order valence-electron chi connectivity index (χ0n) is 13.8. The number of aromatic amines is 1. The lowest BCUT2D eigenvalue weighted by Crippen LogP contribution is -2.35. The number of hydrogen-bond donors (Lipinski definition) is 2. The van der Waals surface area contributed by atoms with E-state index in [1.54, 1.807) is 13.2 Å². The lowest BCUT2D eigenvalue weighted by molar-refractivity contribution is 0.0381. The zero-order chi connectivity index (χ0) is 17.0. The Bertz CT molecular complexity index is 738. The SMILES string of the molecule is C=CCN(Cc1nc2sc(C)c(C)c2c(=O)[nH]1)CC(O)COC. The minimum Gasteiger partial charge on any atom is -0.389 e. The highest BCUT2D eigenvalue weighted by atomic mass is 32.1. The largest absolute Gasteiger partial charge is 0.389 e. The van der Waals surface area contributed by atoms with Crippen molar-refractivity contribution in [2.24, 2.45) is 0 Å². The van der Waals surface area contributed by atoms with E-state index in [4.69, 9.17) is 4.74 Å². The molecule has 2 aromatic rings. The van der Waals surface area contributed by atoms with Gasteiger partial charge in [0.2, 0.25) is 0 Å². The van der Waals surface area contributed by atoms with Crippen molar-refractivity contribution in [1.29, 1.82) is 0 Å². The molecule has 126 valence electrons. The number of aryl methyl sites for hydroxylation is 2. The highest BCUT2D eigenvalue weighted by Gasteiger charge is 2.15. The summed E-state index contributed by atoms with van der Waals surface area (Å²) in [5.41, 5.74) is 0.881. The predicted octanol–water partition coefficient (Wildman–Crippen LogP) is 1.60.